The molecule has 0 aromatic heterocycles. The van der Waals surface area contributed by atoms with E-state index in [0.29, 0.717) is 19.3 Å². The van der Waals surface area contributed by atoms with E-state index in [1.54, 1.807) is 0 Å². The van der Waals surface area contributed by atoms with Gasteiger partial charge < -0.3 is 14.2 Å². The van der Waals surface area contributed by atoms with Crippen LogP contribution in [0.25, 0.3) is 0 Å². The van der Waals surface area contributed by atoms with Crippen LogP contribution >= 0.6 is 0 Å². The highest BCUT2D eigenvalue weighted by atomic mass is 16.6. The van der Waals surface area contributed by atoms with Crippen molar-refractivity contribution in [1.29, 1.82) is 0 Å². The van der Waals surface area contributed by atoms with Crippen molar-refractivity contribution in [3.05, 3.63) is 60.8 Å². The Bertz CT molecular complexity index is 1460. The molecule has 0 aromatic carbocycles. The number of rotatable bonds is 67. The van der Waals surface area contributed by atoms with Crippen molar-refractivity contribution >= 4 is 17.9 Å². The van der Waals surface area contributed by atoms with E-state index < -0.39 is 6.10 Å². The van der Waals surface area contributed by atoms with Gasteiger partial charge in [0.15, 0.2) is 6.10 Å². The predicted molar refractivity (Wildman–Crippen MR) is 358 cm³/mol. The summed E-state index contributed by atoms with van der Waals surface area (Å²) in [6.07, 6.45) is 91.5. The first-order valence-electron chi connectivity index (χ1n) is 36.3. The molecule has 0 heterocycles. The molecule has 0 saturated heterocycles. The second kappa shape index (κ2) is 70.6. The maximum Gasteiger partial charge on any atom is 0.306 e. The maximum absolute atomic E-state index is 12.9. The molecule has 6 heteroatoms. The van der Waals surface area contributed by atoms with Crippen molar-refractivity contribution in [3.8, 4) is 0 Å². The molecule has 0 bridgehead atoms. The third-order valence-corrected chi connectivity index (χ3v) is 16.3. The first-order chi connectivity index (χ1) is 40.5. The Labute approximate surface area is 510 Å². The predicted octanol–water partition coefficient (Wildman–Crippen LogP) is 25.1. The normalized spacial score (nSPS) is 12.4. The fraction of sp³-hybridized carbons (Fsp3) is 0.829. The van der Waals surface area contributed by atoms with Gasteiger partial charge in [0.2, 0.25) is 0 Å². The minimum Gasteiger partial charge on any atom is -0.462 e. The second-order valence-electron chi connectivity index (χ2n) is 24.5. The van der Waals surface area contributed by atoms with Crippen molar-refractivity contribution in [2.75, 3.05) is 13.2 Å². The number of hydrogen-bond acceptors (Lipinski definition) is 6. The summed E-state index contributed by atoms with van der Waals surface area (Å²) >= 11 is 0. The van der Waals surface area contributed by atoms with Crippen LogP contribution in [0.1, 0.15) is 387 Å². The van der Waals surface area contributed by atoms with Crippen LogP contribution in [0.4, 0.5) is 0 Å². The SMILES string of the molecule is CC/C=C\C/C=C\C/C=C\C/C=C\CCC(=O)OCC(COC(=O)CCCCCCCCCCCCCCCCCCCCCCCCCCCCCCCC)OC(=O)CCCCCCCCCCC/C=C\CCCCCCCCCC. The van der Waals surface area contributed by atoms with Crippen molar-refractivity contribution in [2.45, 2.75) is 393 Å². The van der Waals surface area contributed by atoms with Crippen LogP contribution in [0.5, 0.6) is 0 Å². The topological polar surface area (TPSA) is 78.9 Å². The Hall–Kier alpha value is -2.89. The van der Waals surface area contributed by atoms with Crippen LogP contribution in [-0.4, -0.2) is 37.2 Å². The Morgan fingerprint density at radius 1 is 0.256 bits per heavy atom. The lowest BCUT2D eigenvalue weighted by molar-refractivity contribution is -0.166. The van der Waals surface area contributed by atoms with Crippen LogP contribution < -0.4 is 0 Å². The van der Waals surface area contributed by atoms with Gasteiger partial charge in [-0.3, -0.25) is 14.4 Å². The summed E-state index contributed by atoms with van der Waals surface area (Å²) in [5, 5.41) is 0. The molecule has 1 atom stereocenters. The molecule has 0 aliphatic heterocycles. The van der Waals surface area contributed by atoms with Crippen LogP contribution in [-0.2, 0) is 28.6 Å². The quantitative estimate of drug-likeness (QED) is 0.0261. The lowest BCUT2D eigenvalue weighted by atomic mass is 10.0. The van der Waals surface area contributed by atoms with Crippen LogP contribution in [0.3, 0.4) is 0 Å². The summed E-state index contributed by atoms with van der Waals surface area (Å²) in [5.41, 5.74) is 0. The van der Waals surface area contributed by atoms with Crippen LogP contribution in [0, 0.1) is 0 Å². The van der Waals surface area contributed by atoms with Gasteiger partial charge in [0.1, 0.15) is 13.2 Å². The molecule has 0 radical (unpaired) electrons. The van der Waals surface area contributed by atoms with E-state index in [2.05, 4.69) is 75.5 Å². The summed E-state index contributed by atoms with van der Waals surface area (Å²) in [6, 6.07) is 0. The van der Waals surface area contributed by atoms with Crippen molar-refractivity contribution in [2.24, 2.45) is 0 Å². The van der Waals surface area contributed by atoms with Crippen LogP contribution in [0.2, 0.25) is 0 Å². The molecule has 0 spiro atoms. The Balaban J connectivity index is 4.20. The molecule has 0 saturated carbocycles. The van der Waals surface area contributed by atoms with Gasteiger partial charge in [-0.1, -0.05) is 358 Å². The largest absolute Gasteiger partial charge is 0.462 e. The Morgan fingerprint density at radius 3 is 0.817 bits per heavy atom. The van der Waals surface area contributed by atoms with Crippen molar-refractivity contribution in [1.82, 2.24) is 0 Å². The highest BCUT2D eigenvalue weighted by Crippen LogP contribution is 2.19. The van der Waals surface area contributed by atoms with E-state index in [0.717, 1.165) is 64.2 Å². The molecule has 1 unspecified atom stereocenters. The zero-order valence-corrected chi connectivity index (χ0v) is 55.0. The fourth-order valence-electron chi connectivity index (χ4n) is 10.9. The van der Waals surface area contributed by atoms with E-state index in [9.17, 15) is 14.4 Å². The number of unbranched alkanes of at least 4 members (excludes halogenated alkanes) is 46. The summed E-state index contributed by atoms with van der Waals surface area (Å²) in [6.45, 7) is 6.52. The molecule has 0 rings (SSSR count). The number of carbonyl (C=O) groups is 3. The summed E-state index contributed by atoms with van der Waals surface area (Å²) in [4.78, 5) is 38.4. The zero-order chi connectivity index (χ0) is 59.2. The smallest absolute Gasteiger partial charge is 0.306 e. The van der Waals surface area contributed by atoms with Crippen molar-refractivity contribution in [3.63, 3.8) is 0 Å². The molecule has 6 nitrogen and oxygen atoms in total. The van der Waals surface area contributed by atoms with E-state index in [1.165, 1.54) is 276 Å². The molecule has 0 aliphatic carbocycles. The highest BCUT2D eigenvalue weighted by Gasteiger charge is 2.19. The number of esters is 3. The molecule has 0 aliphatic rings. The van der Waals surface area contributed by atoms with Gasteiger partial charge in [0, 0.05) is 19.3 Å². The van der Waals surface area contributed by atoms with Gasteiger partial charge in [0.05, 0.1) is 0 Å². The molecule has 478 valence electrons. The zero-order valence-electron chi connectivity index (χ0n) is 55.0. The number of hydrogen-bond donors (Lipinski definition) is 0. The second-order valence-corrected chi connectivity index (χ2v) is 24.5. The standard InChI is InChI=1S/C76H138O6/c1-4-7-10-13-16-19-22-25-27-29-31-33-34-35-36-37-38-39-40-41-43-44-46-48-51-54-57-60-63-66-69-75(78)81-72-73(71-80-74(77)68-65-62-59-56-53-50-24-21-18-15-12-9-6-3)82-76(79)70-67-64-61-58-55-52-49-47-45-42-32-30-28-26-23-20-17-14-11-8-5-2/h9,12,18,21,30,32,50,53,59,62,73H,4-8,10-11,13-17,19-20,22-29,31,33-49,51-52,54-58,60-61,63-72H2,1-3H3/b12-9-,21-18-,32-30-,53-50-,62-59-. The number of allylic oxidation sites excluding steroid dienone is 10. The average molecular weight is 1150 g/mol. The first kappa shape index (κ1) is 79.1. The monoisotopic (exact) mass is 1150 g/mol. The van der Waals surface area contributed by atoms with E-state index in [4.69, 9.17) is 14.2 Å². The van der Waals surface area contributed by atoms with Gasteiger partial charge >= 0.3 is 17.9 Å². The van der Waals surface area contributed by atoms with E-state index >= 15 is 0 Å². The molecule has 0 N–H and O–H groups in total. The Morgan fingerprint density at radius 2 is 0.500 bits per heavy atom. The number of ether oxygens (including phenoxy) is 3. The maximum atomic E-state index is 12.9. The lowest BCUT2D eigenvalue weighted by Crippen LogP contribution is -2.30. The van der Waals surface area contributed by atoms with Crippen LogP contribution in [0.15, 0.2) is 60.8 Å². The van der Waals surface area contributed by atoms with Gasteiger partial charge in [0.25, 0.3) is 0 Å². The third-order valence-electron chi connectivity index (χ3n) is 16.3. The molecule has 0 amide bonds. The summed E-state index contributed by atoms with van der Waals surface area (Å²) < 4.78 is 16.9. The fourth-order valence-corrected chi connectivity index (χ4v) is 10.9. The molecule has 0 aromatic rings. The highest BCUT2D eigenvalue weighted by molar-refractivity contribution is 5.71. The van der Waals surface area contributed by atoms with Gasteiger partial charge in [-0.2, -0.15) is 0 Å². The first-order valence-corrected chi connectivity index (χ1v) is 36.3. The molecular weight excluding hydrogens is 1010 g/mol. The number of carbonyl (C=O) groups excluding carboxylic acids is 3. The molecular formula is C76H138O6. The minimum atomic E-state index is -0.804. The lowest BCUT2D eigenvalue weighted by Gasteiger charge is -2.18. The summed E-state index contributed by atoms with van der Waals surface area (Å²) in [5.74, 6) is -0.958. The summed E-state index contributed by atoms with van der Waals surface area (Å²) in [7, 11) is 0. The molecule has 0 fully saturated rings. The molecule has 82 heavy (non-hydrogen) atoms. The Kier molecular flexibility index (Phi) is 68.1. The van der Waals surface area contributed by atoms with E-state index in [1.807, 2.05) is 6.08 Å². The average Bonchev–Trinajstić information content (AvgIpc) is 3.47. The van der Waals surface area contributed by atoms with Gasteiger partial charge in [-0.25, -0.2) is 0 Å². The van der Waals surface area contributed by atoms with E-state index in [-0.39, 0.29) is 37.5 Å². The minimum absolute atomic E-state index is 0.0933. The third kappa shape index (κ3) is 67.9. The van der Waals surface area contributed by atoms with Crippen molar-refractivity contribution < 1.29 is 28.6 Å². The van der Waals surface area contributed by atoms with Gasteiger partial charge in [-0.15, -0.1) is 0 Å². The van der Waals surface area contributed by atoms with Gasteiger partial charge in [-0.05, 0) is 70.6 Å².